The topological polar surface area (TPSA) is 40.5 Å². The molecule has 0 atom stereocenters. The van der Waals surface area contributed by atoms with Crippen LogP contribution in [0.4, 0.5) is 18.9 Å². The number of benzene rings is 1. The van der Waals surface area contributed by atoms with Crippen LogP contribution in [-0.4, -0.2) is 23.7 Å². The fraction of sp³-hybridized carbons (Fsp3) is 0.357. The van der Waals surface area contributed by atoms with Crippen LogP contribution in [0.1, 0.15) is 29.8 Å². The Labute approximate surface area is 115 Å². The van der Waals surface area contributed by atoms with Crippen molar-refractivity contribution in [3.8, 4) is 0 Å². The van der Waals surface area contributed by atoms with Gasteiger partial charge in [-0.15, -0.1) is 6.58 Å². The van der Waals surface area contributed by atoms with E-state index < -0.39 is 23.3 Å². The molecule has 0 aliphatic heterocycles. The molecule has 0 heterocycles. The van der Waals surface area contributed by atoms with Crippen LogP contribution in [-0.2, 0) is 6.18 Å². The van der Waals surface area contributed by atoms with Crippen LogP contribution in [0.2, 0.25) is 0 Å². The molecule has 0 saturated heterocycles. The highest BCUT2D eigenvalue weighted by atomic mass is 19.4. The summed E-state index contributed by atoms with van der Waals surface area (Å²) in [5.74, 6) is -1.59. The summed E-state index contributed by atoms with van der Waals surface area (Å²) < 4.78 is 38.8. The summed E-state index contributed by atoms with van der Waals surface area (Å²) in [4.78, 5) is 12.6. The van der Waals surface area contributed by atoms with Crippen LogP contribution in [0.25, 0.3) is 0 Å². The Kier molecular flexibility index (Phi) is 4.81. The van der Waals surface area contributed by atoms with Crippen molar-refractivity contribution in [1.82, 2.24) is 0 Å². The quantitative estimate of drug-likeness (QED) is 0.837. The molecule has 3 nitrogen and oxygen atoms in total. The van der Waals surface area contributed by atoms with Gasteiger partial charge in [0, 0.05) is 18.3 Å². The number of hydrogen-bond acceptors (Lipinski definition) is 2. The molecular formula is C14H16F3NO2. The molecule has 0 fully saturated rings. The van der Waals surface area contributed by atoms with Crippen molar-refractivity contribution >= 4 is 11.7 Å². The number of carboxylic acid groups (broad SMARTS) is 1. The van der Waals surface area contributed by atoms with Crippen molar-refractivity contribution in [3.63, 3.8) is 0 Å². The zero-order valence-electron chi connectivity index (χ0n) is 11.2. The van der Waals surface area contributed by atoms with E-state index in [0.29, 0.717) is 12.2 Å². The molecule has 0 aromatic heterocycles. The number of hydrogen-bond donors (Lipinski definition) is 1. The molecule has 0 amide bonds. The van der Waals surface area contributed by atoms with Gasteiger partial charge in [-0.2, -0.15) is 13.2 Å². The number of rotatable bonds is 5. The second kappa shape index (κ2) is 5.98. The van der Waals surface area contributed by atoms with Gasteiger partial charge in [-0.3, -0.25) is 0 Å². The van der Waals surface area contributed by atoms with E-state index in [9.17, 15) is 18.0 Å². The van der Waals surface area contributed by atoms with Crippen LogP contribution in [0.5, 0.6) is 0 Å². The summed E-state index contributed by atoms with van der Waals surface area (Å²) in [7, 11) is 0. The maximum atomic E-state index is 12.9. The number of carboxylic acids is 1. The number of nitrogens with zero attached hydrogens (tertiary/aromatic N) is 1. The van der Waals surface area contributed by atoms with E-state index in [1.165, 1.54) is 6.07 Å². The van der Waals surface area contributed by atoms with E-state index in [2.05, 4.69) is 6.58 Å². The molecule has 1 aromatic rings. The van der Waals surface area contributed by atoms with E-state index in [-0.39, 0.29) is 6.04 Å². The number of anilines is 1. The van der Waals surface area contributed by atoms with Crippen LogP contribution < -0.4 is 4.90 Å². The minimum absolute atomic E-state index is 0.0373. The second-order valence-corrected chi connectivity index (χ2v) is 4.57. The third-order valence-corrected chi connectivity index (χ3v) is 2.82. The lowest BCUT2D eigenvalue weighted by molar-refractivity contribution is -0.138. The smallest absolute Gasteiger partial charge is 0.417 e. The summed E-state index contributed by atoms with van der Waals surface area (Å²) >= 11 is 0. The Bertz CT molecular complexity index is 510. The third-order valence-electron chi connectivity index (χ3n) is 2.82. The number of alkyl halides is 3. The lowest BCUT2D eigenvalue weighted by Crippen LogP contribution is -2.31. The van der Waals surface area contributed by atoms with Gasteiger partial charge < -0.3 is 10.0 Å². The van der Waals surface area contributed by atoms with Gasteiger partial charge in [-0.1, -0.05) is 6.08 Å². The first kappa shape index (κ1) is 16.1. The van der Waals surface area contributed by atoms with Crippen molar-refractivity contribution < 1.29 is 23.1 Å². The first-order valence-corrected chi connectivity index (χ1v) is 6.00. The zero-order valence-corrected chi connectivity index (χ0v) is 11.2. The second-order valence-electron chi connectivity index (χ2n) is 4.57. The Morgan fingerprint density at radius 1 is 1.45 bits per heavy atom. The van der Waals surface area contributed by atoms with Gasteiger partial charge in [0.1, 0.15) is 0 Å². The predicted molar refractivity (Wildman–Crippen MR) is 71.1 cm³/mol. The molecule has 0 aliphatic rings. The van der Waals surface area contributed by atoms with Gasteiger partial charge in [-0.25, -0.2) is 4.79 Å². The van der Waals surface area contributed by atoms with Crippen LogP contribution in [0, 0.1) is 0 Å². The van der Waals surface area contributed by atoms with Gasteiger partial charge in [0.25, 0.3) is 0 Å². The van der Waals surface area contributed by atoms with Crippen LogP contribution in [0.3, 0.4) is 0 Å². The van der Waals surface area contributed by atoms with E-state index in [1.807, 2.05) is 13.8 Å². The average Bonchev–Trinajstić information content (AvgIpc) is 2.33. The number of aromatic carboxylic acids is 1. The van der Waals surface area contributed by atoms with Crippen molar-refractivity contribution in [3.05, 3.63) is 42.0 Å². The Balaban J connectivity index is 3.38. The number of carbonyl (C=O) groups is 1. The van der Waals surface area contributed by atoms with Gasteiger partial charge in [0.05, 0.1) is 11.1 Å². The van der Waals surface area contributed by atoms with Crippen LogP contribution in [0.15, 0.2) is 30.9 Å². The predicted octanol–water partition coefficient (Wildman–Crippen LogP) is 3.80. The standard InChI is InChI=1S/C14H16F3NO2/c1-4-7-18(9(2)3)10-5-6-11(13(19)20)12(8-10)14(15,16)17/h4-6,8-9H,1,7H2,2-3H3,(H,19,20). The van der Waals surface area contributed by atoms with E-state index in [0.717, 1.165) is 12.1 Å². The summed E-state index contributed by atoms with van der Waals surface area (Å²) in [5, 5.41) is 8.84. The Morgan fingerprint density at radius 2 is 2.05 bits per heavy atom. The number of halogens is 3. The molecular weight excluding hydrogens is 271 g/mol. The largest absolute Gasteiger partial charge is 0.478 e. The van der Waals surface area contributed by atoms with Gasteiger partial charge in [-0.05, 0) is 32.0 Å². The van der Waals surface area contributed by atoms with Gasteiger partial charge in [0.15, 0.2) is 0 Å². The normalized spacial score (nSPS) is 11.5. The Hall–Kier alpha value is -1.98. The van der Waals surface area contributed by atoms with Gasteiger partial charge >= 0.3 is 12.1 Å². The molecule has 0 unspecified atom stereocenters. The minimum atomic E-state index is -4.71. The molecule has 0 spiro atoms. The molecule has 0 aliphatic carbocycles. The fourth-order valence-corrected chi connectivity index (χ4v) is 1.89. The van der Waals surface area contributed by atoms with Crippen molar-refractivity contribution in [1.29, 1.82) is 0 Å². The SMILES string of the molecule is C=CCN(c1ccc(C(=O)O)c(C(F)(F)F)c1)C(C)C. The van der Waals surface area contributed by atoms with Gasteiger partial charge in [0.2, 0.25) is 0 Å². The first-order valence-electron chi connectivity index (χ1n) is 6.00. The molecule has 110 valence electrons. The van der Waals surface area contributed by atoms with Crippen molar-refractivity contribution in [2.24, 2.45) is 0 Å². The highest BCUT2D eigenvalue weighted by Crippen LogP contribution is 2.35. The van der Waals surface area contributed by atoms with Crippen LogP contribution >= 0.6 is 0 Å². The monoisotopic (exact) mass is 287 g/mol. The highest BCUT2D eigenvalue weighted by Gasteiger charge is 2.36. The lowest BCUT2D eigenvalue weighted by Gasteiger charge is -2.28. The Morgan fingerprint density at radius 3 is 2.45 bits per heavy atom. The summed E-state index contributed by atoms with van der Waals surface area (Å²) in [6.45, 7) is 7.61. The summed E-state index contributed by atoms with van der Waals surface area (Å²) in [5.41, 5.74) is -1.57. The zero-order chi connectivity index (χ0) is 15.5. The van der Waals surface area contributed by atoms with Crippen molar-refractivity contribution in [2.45, 2.75) is 26.1 Å². The molecule has 0 bridgehead atoms. The minimum Gasteiger partial charge on any atom is -0.478 e. The lowest BCUT2D eigenvalue weighted by atomic mass is 10.0. The molecule has 6 heteroatoms. The molecule has 0 saturated carbocycles. The first-order chi connectivity index (χ1) is 9.18. The maximum absolute atomic E-state index is 12.9. The maximum Gasteiger partial charge on any atom is 0.417 e. The third kappa shape index (κ3) is 3.53. The van der Waals surface area contributed by atoms with E-state index in [4.69, 9.17) is 5.11 Å². The molecule has 20 heavy (non-hydrogen) atoms. The summed E-state index contributed by atoms with van der Waals surface area (Å²) in [6, 6.07) is 3.19. The average molecular weight is 287 g/mol. The highest BCUT2D eigenvalue weighted by molar-refractivity contribution is 5.90. The fourth-order valence-electron chi connectivity index (χ4n) is 1.89. The van der Waals surface area contributed by atoms with Crippen molar-refractivity contribution in [2.75, 3.05) is 11.4 Å². The van der Waals surface area contributed by atoms with E-state index >= 15 is 0 Å². The molecule has 1 aromatic carbocycles. The summed E-state index contributed by atoms with van der Waals surface area (Å²) in [6.07, 6.45) is -3.13. The molecule has 1 N–H and O–H groups in total. The molecule has 1 rings (SSSR count). The van der Waals surface area contributed by atoms with E-state index in [1.54, 1.807) is 11.0 Å². The molecule has 0 radical (unpaired) electrons.